The van der Waals surface area contributed by atoms with Crippen molar-refractivity contribution in [1.82, 2.24) is 24.9 Å². The van der Waals surface area contributed by atoms with Crippen LogP contribution in [-0.4, -0.2) is 62.6 Å². The van der Waals surface area contributed by atoms with E-state index in [1.54, 1.807) is 14.2 Å². The highest BCUT2D eigenvalue weighted by Gasteiger charge is 2.24. The predicted molar refractivity (Wildman–Crippen MR) is 231 cm³/mol. The maximum atomic E-state index is 10.00. The number of rotatable bonds is 12. The van der Waals surface area contributed by atoms with Crippen LogP contribution in [0.1, 0.15) is 87.3 Å². The molecule has 0 fully saturated rings. The summed E-state index contributed by atoms with van der Waals surface area (Å²) in [5.74, 6) is 1.04. The number of aliphatic hydroxyl groups excluding tert-OH is 2. The van der Waals surface area contributed by atoms with Crippen molar-refractivity contribution in [2.45, 2.75) is 66.2 Å². The molecule has 5 aromatic rings. The first-order chi connectivity index (χ1) is 27.8. The molecule has 2 aliphatic heterocycles. The number of fused-ring (bicyclic) bond motifs is 7. The van der Waals surface area contributed by atoms with Gasteiger partial charge in [-0.3, -0.25) is 0 Å². The molecule has 0 unspecified atom stereocenters. The van der Waals surface area contributed by atoms with E-state index >= 15 is 0 Å². The fraction of sp³-hybridized carbons (Fsp3) is 0.292. The Morgan fingerprint density at radius 3 is 1.30 bits per heavy atom. The molecule has 3 aromatic carbocycles. The van der Waals surface area contributed by atoms with Crippen molar-refractivity contribution in [2.24, 2.45) is 0 Å². The number of allylic oxidation sites excluding steroid dienone is 4. The smallest absolute Gasteiger partial charge is 0.163 e. The second-order valence-corrected chi connectivity index (χ2v) is 14.3. The molecule has 0 aliphatic carbocycles. The average molecular weight is 762 g/mol. The fourth-order valence-corrected chi connectivity index (χ4v) is 7.98. The molecule has 9 heteroatoms. The van der Waals surface area contributed by atoms with Gasteiger partial charge in [0.25, 0.3) is 0 Å². The summed E-state index contributed by atoms with van der Waals surface area (Å²) in [6, 6.07) is 28.3. The van der Waals surface area contributed by atoms with E-state index in [0.29, 0.717) is 59.6 Å². The number of H-pyrrole nitrogens is 1. The summed E-state index contributed by atoms with van der Waals surface area (Å²) < 4.78 is 11.7. The molecule has 2 aliphatic rings. The topological polar surface area (TPSA) is 126 Å². The van der Waals surface area contributed by atoms with Gasteiger partial charge in [0.05, 0.1) is 59.4 Å². The maximum absolute atomic E-state index is 10.00. The van der Waals surface area contributed by atoms with Gasteiger partial charge in [0.15, 0.2) is 11.5 Å². The zero-order valence-corrected chi connectivity index (χ0v) is 33.7. The summed E-state index contributed by atoms with van der Waals surface area (Å²) in [5, 5.41) is 20.0. The van der Waals surface area contributed by atoms with Crippen LogP contribution in [0.2, 0.25) is 0 Å². The Bertz CT molecular complexity index is 2380. The number of benzene rings is 3. The fourth-order valence-electron chi connectivity index (χ4n) is 7.98. The van der Waals surface area contributed by atoms with Crippen LogP contribution >= 0.6 is 0 Å². The van der Waals surface area contributed by atoms with Gasteiger partial charge >= 0.3 is 0 Å². The highest BCUT2D eigenvalue weighted by Crippen LogP contribution is 2.41. The summed E-state index contributed by atoms with van der Waals surface area (Å²) >= 11 is 0. The third kappa shape index (κ3) is 7.77. The molecule has 9 nitrogen and oxygen atoms in total. The van der Waals surface area contributed by atoms with E-state index in [9.17, 15) is 10.2 Å². The van der Waals surface area contributed by atoms with Gasteiger partial charge in [0, 0.05) is 47.5 Å². The summed E-state index contributed by atoms with van der Waals surface area (Å²) in [4.78, 5) is 25.5. The highest BCUT2D eigenvalue weighted by atomic mass is 16.5. The number of nitrogens with one attached hydrogen (secondary N) is 1. The Hall–Kier alpha value is -5.90. The molecule has 57 heavy (non-hydrogen) atoms. The minimum Gasteiger partial charge on any atom is -0.493 e. The maximum Gasteiger partial charge on any atom is 0.163 e. The quantitative estimate of drug-likeness (QED) is 0.115. The van der Waals surface area contributed by atoms with Crippen LogP contribution in [0, 0.1) is 0 Å². The van der Waals surface area contributed by atoms with Crippen molar-refractivity contribution in [3.63, 3.8) is 0 Å². The van der Waals surface area contributed by atoms with Gasteiger partial charge in [0.1, 0.15) is 0 Å². The van der Waals surface area contributed by atoms with Gasteiger partial charge in [-0.05, 0) is 97.9 Å². The van der Waals surface area contributed by atoms with Crippen LogP contribution in [0.5, 0.6) is 11.5 Å². The molecule has 3 N–H and O–H groups in total. The Morgan fingerprint density at radius 1 is 0.544 bits per heavy atom. The number of aromatic nitrogens is 5. The largest absolute Gasteiger partial charge is 0.493 e. The number of hydrogen-bond acceptors (Lipinski definition) is 8. The predicted octanol–water partition coefficient (Wildman–Crippen LogP) is 10.2. The van der Waals surface area contributed by atoms with E-state index in [4.69, 9.17) is 29.4 Å². The number of ether oxygens (including phenoxy) is 2. The molecule has 0 saturated heterocycles. The normalized spacial score (nSPS) is 12.6. The van der Waals surface area contributed by atoms with E-state index in [1.807, 2.05) is 72.8 Å². The lowest BCUT2D eigenvalue weighted by Crippen LogP contribution is -1.95. The molecule has 0 spiro atoms. The number of methoxy groups -OCH3 is 2. The molecule has 0 atom stereocenters. The van der Waals surface area contributed by atoms with Gasteiger partial charge in [-0.2, -0.15) is 0 Å². The SMILES string of the molecule is CCc1c(CC)c2cc3nc(c(-c4ccccc4)nc4cc(OC)c(OC)cc4nc(-c4ccccc4)c4nc(cc1[nH]2)C(CCCO)=C4C)C(C)=C3CCCO. The molecule has 4 heterocycles. The second-order valence-electron chi connectivity index (χ2n) is 14.3. The molecule has 0 amide bonds. The van der Waals surface area contributed by atoms with Crippen LogP contribution in [-0.2, 0) is 12.8 Å². The highest BCUT2D eigenvalue weighted by molar-refractivity contribution is 5.98. The van der Waals surface area contributed by atoms with Crippen molar-refractivity contribution in [3.8, 4) is 34.0 Å². The van der Waals surface area contributed by atoms with Crippen molar-refractivity contribution in [2.75, 3.05) is 27.4 Å². The van der Waals surface area contributed by atoms with Gasteiger partial charge < -0.3 is 24.7 Å². The first kappa shape index (κ1) is 39.3. The van der Waals surface area contributed by atoms with Crippen LogP contribution in [0.4, 0.5) is 0 Å². The van der Waals surface area contributed by atoms with E-state index in [1.165, 1.54) is 11.1 Å². The first-order valence-corrected chi connectivity index (χ1v) is 19.9. The van der Waals surface area contributed by atoms with Crippen LogP contribution < -0.4 is 9.47 Å². The van der Waals surface area contributed by atoms with Crippen molar-refractivity contribution < 1.29 is 19.7 Å². The molecule has 0 saturated carbocycles. The Kier molecular flexibility index (Phi) is 12.1. The summed E-state index contributed by atoms with van der Waals surface area (Å²) in [6.07, 6.45) is 4.19. The standard InChI is InChI=1S/C48H51N5O4/c1-7-33-34(8-2)38-26-40-36(22-16-24-55)30(4)46(51-40)48(32-19-13-10-14-20-32)53-42-28-44(57-6)43(56-5)27-41(42)52-47(31-17-11-9-12-18-31)45-29(3)35(21-15-23-54)39(50-45)25-37(33)49-38/h9-14,17-20,25-28,49,54-55H,7-8,15-16,21-24H2,1-6H3. The number of aromatic amines is 1. The molecule has 7 rings (SSSR count). The second kappa shape index (κ2) is 17.5. The molecular formula is C48H51N5O4. The molecule has 292 valence electrons. The van der Waals surface area contributed by atoms with Gasteiger partial charge in [0.2, 0.25) is 0 Å². The summed E-state index contributed by atoms with van der Waals surface area (Å²) in [5.41, 5.74) is 16.2. The minimum absolute atomic E-state index is 0.0737. The lowest BCUT2D eigenvalue weighted by Gasteiger charge is -2.10. The first-order valence-electron chi connectivity index (χ1n) is 19.9. The number of hydrogen-bond donors (Lipinski definition) is 3. The van der Waals surface area contributed by atoms with Crippen LogP contribution in [0.3, 0.4) is 0 Å². The Balaban J connectivity index is 1.77. The van der Waals surface area contributed by atoms with Gasteiger partial charge in [-0.25, -0.2) is 19.9 Å². The molecular weight excluding hydrogens is 711 g/mol. The Morgan fingerprint density at radius 2 is 0.947 bits per heavy atom. The number of aliphatic hydroxyl groups is 2. The lowest BCUT2D eigenvalue weighted by atomic mass is 9.98. The van der Waals surface area contributed by atoms with Crippen molar-refractivity contribution in [3.05, 3.63) is 119 Å². The molecule has 0 radical (unpaired) electrons. The Labute approximate surface area is 334 Å². The van der Waals surface area contributed by atoms with Gasteiger partial charge in [-0.15, -0.1) is 0 Å². The zero-order valence-electron chi connectivity index (χ0n) is 33.7. The monoisotopic (exact) mass is 761 g/mol. The van der Waals surface area contributed by atoms with Crippen molar-refractivity contribution in [1.29, 1.82) is 0 Å². The number of nitrogens with zero attached hydrogens (tertiary/aromatic N) is 4. The summed E-state index contributed by atoms with van der Waals surface area (Å²) in [7, 11) is 3.23. The molecule has 6 bridgehead atoms. The van der Waals surface area contributed by atoms with E-state index in [-0.39, 0.29) is 13.2 Å². The lowest BCUT2D eigenvalue weighted by molar-refractivity contribution is 0.290. The van der Waals surface area contributed by atoms with Crippen LogP contribution in [0.25, 0.3) is 66.9 Å². The summed E-state index contributed by atoms with van der Waals surface area (Å²) in [6.45, 7) is 8.73. The van der Waals surface area contributed by atoms with Gasteiger partial charge in [-0.1, -0.05) is 74.5 Å². The average Bonchev–Trinajstić information content (AvgIpc) is 3.85. The minimum atomic E-state index is 0.0737. The van der Waals surface area contributed by atoms with E-state index in [2.05, 4.69) is 44.8 Å². The zero-order chi connectivity index (χ0) is 40.1. The third-order valence-corrected chi connectivity index (χ3v) is 10.9. The van der Waals surface area contributed by atoms with E-state index < -0.39 is 0 Å². The van der Waals surface area contributed by atoms with Crippen molar-refractivity contribution >= 4 is 44.4 Å². The third-order valence-electron chi connectivity index (χ3n) is 10.9. The molecule has 2 aromatic heterocycles. The number of aryl methyl sites for hydroxylation is 2. The van der Waals surface area contributed by atoms with E-state index in [0.717, 1.165) is 80.1 Å². The van der Waals surface area contributed by atoms with Crippen LogP contribution in [0.15, 0.2) is 84.9 Å².